The molecule has 1 aliphatic heterocycles. The number of nitrogens with zero attached hydrogens (tertiary/aromatic N) is 1. The van der Waals surface area contributed by atoms with Crippen LogP contribution in [0.15, 0.2) is 22.0 Å². The van der Waals surface area contributed by atoms with Crippen LogP contribution in [0.3, 0.4) is 0 Å². The summed E-state index contributed by atoms with van der Waals surface area (Å²) in [6.45, 7) is 0.153. The molecular weight excluding hydrogens is 304 g/mol. The van der Waals surface area contributed by atoms with Crippen LogP contribution in [0.4, 0.5) is 0 Å². The number of aromatic amines is 1. The van der Waals surface area contributed by atoms with Gasteiger partial charge in [0.25, 0.3) is 5.56 Å². The highest BCUT2D eigenvalue weighted by Crippen LogP contribution is 2.24. The van der Waals surface area contributed by atoms with Crippen LogP contribution < -0.4 is 5.56 Å². The van der Waals surface area contributed by atoms with Crippen molar-refractivity contribution in [3.63, 3.8) is 0 Å². The Morgan fingerprint density at radius 1 is 1.40 bits per heavy atom. The van der Waals surface area contributed by atoms with Gasteiger partial charge in [-0.15, -0.1) is 0 Å². The molecule has 2 rings (SSSR count). The Bertz CT molecular complexity index is 629. The number of hydrogen-bond acceptors (Lipinski definition) is 4. The zero-order valence-electron chi connectivity index (χ0n) is 10.9. The minimum atomic E-state index is -3.77. The van der Waals surface area contributed by atoms with Crippen molar-refractivity contribution in [1.82, 2.24) is 9.29 Å². The lowest BCUT2D eigenvalue weighted by Gasteiger charge is -2.27. The fourth-order valence-corrected chi connectivity index (χ4v) is 4.29. The number of rotatable bonds is 3. The third kappa shape index (κ3) is 3.06. The van der Waals surface area contributed by atoms with Gasteiger partial charge in [-0.05, 0) is 18.9 Å². The number of nitrogens with one attached hydrogen (secondary N) is 1. The van der Waals surface area contributed by atoms with Gasteiger partial charge in [0.15, 0.2) is 0 Å². The first-order chi connectivity index (χ1) is 9.46. The predicted octanol–water partition coefficient (Wildman–Crippen LogP) is 0.954. The van der Waals surface area contributed by atoms with E-state index in [9.17, 15) is 18.3 Å². The molecular formula is C12H17ClN2O4S. The zero-order valence-corrected chi connectivity index (χ0v) is 12.5. The number of aromatic nitrogens is 1. The Hall–Kier alpha value is -0.890. The smallest absolute Gasteiger partial charge is 0.266 e. The standard InChI is InChI=1S/C12H17ClN2O4S/c13-11-6-10(7-14-12(11)17)20(18,19)15-5-3-1-2-4-9(15)8-16/h6-7,9,16H,1-5,8H2,(H,14,17). The van der Waals surface area contributed by atoms with Crippen molar-refractivity contribution < 1.29 is 13.5 Å². The highest BCUT2D eigenvalue weighted by Gasteiger charge is 2.32. The van der Waals surface area contributed by atoms with Crippen molar-refractivity contribution in [1.29, 1.82) is 0 Å². The number of hydrogen-bond donors (Lipinski definition) is 2. The topological polar surface area (TPSA) is 90.5 Å². The Kier molecular flexibility index (Phi) is 4.85. The molecule has 2 heterocycles. The van der Waals surface area contributed by atoms with Crippen molar-refractivity contribution in [2.75, 3.05) is 13.2 Å². The lowest BCUT2D eigenvalue weighted by Crippen LogP contribution is -2.42. The van der Waals surface area contributed by atoms with E-state index >= 15 is 0 Å². The first kappa shape index (κ1) is 15.5. The highest BCUT2D eigenvalue weighted by atomic mass is 35.5. The average molecular weight is 321 g/mol. The van der Waals surface area contributed by atoms with Gasteiger partial charge in [-0.1, -0.05) is 24.4 Å². The van der Waals surface area contributed by atoms with Gasteiger partial charge in [-0.3, -0.25) is 4.79 Å². The molecule has 0 amide bonds. The number of pyridine rings is 1. The third-order valence-electron chi connectivity index (χ3n) is 3.47. The maximum Gasteiger partial charge on any atom is 0.266 e. The SMILES string of the molecule is O=c1[nH]cc(S(=O)(=O)N2CCCCCC2CO)cc1Cl. The van der Waals surface area contributed by atoms with Crippen LogP contribution in [0.5, 0.6) is 0 Å². The van der Waals surface area contributed by atoms with E-state index in [2.05, 4.69) is 4.98 Å². The van der Waals surface area contributed by atoms with E-state index in [0.29, 0.717) is 13.0 Å². The van der Waals surface area contributed by atoms with E-state index < -0.39 is 21.6 Å². The van der Waals surface area contributed by atoms with Crippen LogP contribution in [0.25, 0.3) is 0 Å². The number of aliphatic hydroxyl groups is 1. The molecule has 6 nitrogen and oxygen atoms in total. The summed E-state index contributed by atoms with van der Waals surface area (Å²) in [4.78, 5) is 13.5. The van der Waals surface area contributed by atoms with Gasteiger partial charge in [0, 0.05) is 18.8 Å². The van der Waals surface area contributed by atoms with E-state index in [4.69, 9.17) is 11.6 Å². The summed E-state index contributed by atoms with van der Waals surface area (Å²) < 4.78 is 26.5. The molecule has 1 atom stereocenters. The lowest BCUT2D eigenvalue weighted by atomic mass is 10.1. The summed E-state index contributed by atoms with van der Waals surface area (Å²) in [6, 6.07) is 0.725. The van der Waals surface area contributed by atoms with Crippen LogP contribution >= 0.6 is 11.6 Å². The molecule has 0 aliphatic carbocycles. The van der Waals surface area contributed by atoms with Gasteiger partial charge in [0.2, 0.25) is 10.0 Å². The Labute approximate surface area is 122 Å². The van der Waals surface area contributed by atoms with Gasteiger partial charge < -0.3 is 10.1 Å². The van der Waals surface area contributed by atoms with Gasteiger partial charge >= 0.3 is 0 Å². The fraction of sp³-hybridized carbons (Fsp3) is 0.583. The Balaban J connectivity index is 2.41. The predicted molar refractivity (Wildman–Crippen MR) is 75.3 cm³/mol. The molecule has 1 aliphatic rings. The third-order valence-corrected chi connectivity index (χ3v) is 5.68. The number of H-pyrrole nitrogens is 1. The van der Waals surface area contributed by atoms with Crippen LogP contribution in [-0.4, -0.2) is 42.0 Å². The van der Waals surface area contributed by atoms with Gasteiger partial charge in [-0.25, -0.2) is 8.42 Å². The van der Waals surface area contributed by atoms with Crippen molar-refractivity contribution >= 4 is 21.6 Å². The van der Waals surface area contributed by atoms with E-state index in [0.717, 1.165) is 31.5 Å². The largest absolute Gasteiger partial charge is 0.395 e. The molecule has 0 saturated carbocycles. The van der Waals surface area contributed by atoms with Gasteiger partial charge in [0.1, 0.15) is 5.02 Å². The molecule has 20 heavy (non-hydrogen) atoms. The number of sulfonamides is 1. The van der Waals surface area contributed by atoms with Crippen molar-refractivity contribution in [3.05, 3.63) is 27.6 Å². The van der Waals surface area contributed by atoms with E-state index in [1.807, 2.05) is 0 Å². The lowest BCUT2D eigenvalue weighted by molar-refractivity contribution is 0.186. The molecule has 1 fully saturated rings. The minimum absolute atomic E-state index is 0.0533. The fourth-order valence-electron chi connectivity index (χ4n) is 2.37. The monoisotopic (exact) mass is 320 g/mol. The second-order valence-electron chi connectivity index (χ2n) is 4.81. The van der Waals surface area contributed by atoms with E-state index in [-0.39, 0.29) is 16.5 Å². The average Bonchev–Trinajstić information content (AvgIpc) is 2.67. The number of halogens is 1. The zero-order chi connectivity index (χ0) is 14.8. The first-order valence-corrected chi connectivity index (χ1v) is 8.29. The summed E-state index contributed by atoms with van der Waals surface area (Å²) in [7, 11) is -3.77. The Morgan fingerprint density at radius 2 is 2.15 bits per heavy atom. The van der Waals surface area contributed by atoms with Crippen LogP contribution in [0, 0.1) is 0 Å². The second kappa shape index (κ2) is 6.26. The molecule has 1 saturated heterocycles. The Morgan fingerprint density at radius 3 is 2.80 bits per heavy atom. The molecule has 0 bridgehead atoms. The molecule has 1 aromatic rings. The summed E-state index contributed by atoms with van der Waals surface area (Å²) in [5.74, 6) is 0. The molecule has 0 spiro atoms. The second-order valence-corrected chi connectivity index (χ2v) is 7.11. The van der Waals surface area contributed by atoms with Gasteiger partial charge in [0.05, 0.1) is 11.5 Å². The molecule has 1 aromatic heterocycles. The molecule has 8 heteroatoms. The summed E-state index contributed by atoms with van der Waals surface area (Å²) in [5.41, 5.74) is -0.528. The normalized spacial score (nSPS) is 21.6. The minimum Gasteiger partial charge on any atom is -0.395 e. The van der Waals surface area contributed by atoms with Crippen molar-refractivity contribution in [2.24, 2.45) is 0 Å². The molecule has 0 aromatic carbocycles. The van der Waals surface area contributed by atoms with Crippen molar-refractivity contribution in [2.45, 2.75) is 36.6 Å². The maximum absolute atomic E-state index is 12.6. The van der Waals surface area contributed by atoms with Crippen molar-refractivity contribution in [3.8, 4) is 0 Å². The quantitative estimate of drug-likeness (QED) is 0.867. The summed E-state index contributed by atoms with van der Waals surface area (Å²) >= 11 is 5.69. The van der Waals surface area contributed by atoms with Gasteiger partial charge in [-0.2, -0.15) is 4.31 Å². The first-order valence-electron chi connectivity index (χ1n) is 6.47. The molecule has 1 unspecified atom stereocenters. The maximum atomic E-state index is 12.6. The van der Waals surface area contributed by atoms with Crippen LogP contribution in [0.1, 0.15) is 25.7 Å². The summed E-state index contributed by atoms with van der Waals surface area (Å²) in [6.07, 6.45) is 4.36. The molecule has 2 N–H and O–H groups in total. The van der Waals surface area contributed by atoms with E-state index in [1.165, 1.54) is 4.31 Å². The van der Waals surface area contributed by atoms with Crippen LogP contribution in [-0.2, 0) is 10.0 Å². The molecule has 0 radical (unpaired) electrons. The molecule has 112 valence electrons. The number of aliphatic hydroxyl groups excluding tert-OH is 1. The van der Waals surface area contributed by atoms with Crippen LogP contribution in [0.2, 0.25) is 5.02 Å². The van der Waals surface area contributed by atoms with E-state index in [1.54, 1.807) is 0 Å². The summed E-state index contributed by atoms with van der Waals surface area (Å²) in [5, 5.41) is 9.24. The highest BCUT2D eigenvalue weighted by molar-refractivity contribution is 7.89.